The maximum atomic E-state index is 12.3. The summed E-state index contributed by atoms with van der Waals surface area (Å²) in [7, 11) is 0. The Hall–Kier alpha value is -0.370. The predicted molar refractivity (Wildman–Crippen MR) is 31.5 cm³/mol. The zero-order valence-electron chi connectivity index (χ0n) is 4.95. The molecule has 0 aliphatic carbocycles. The van der Waals surface area contributed by atoms with Gasteiger partial charge in [-0.3, -0.25) is 0 Å². The number of hydrogen-bond acceptors (Lipinski definition) is 1. The Morgan fingerprint density at radius 1 is 1.88 bits per heavy atom. The summed E-state index contributed by atoms with van der Waals surface area (Å²) >= 11 is 0. The van der Waals surface area contributed by atoms with Crippen LogP contribution in [0.1, 0.15) is 6.92 Å². The molecule has 1 aliphatic heterocycles. The smallest absolute Gasteiger partial charge is 0.131 e. The van der Waals surface area contributed by atoms with E-state index in [-0.39, 0.29) is 0 Å². The molecule has 0 saturated heterocycles. The minimum atomic E-state index is -0.760. The SMILES string of the molecule is CC1=CC(F)CNC1. The summed E-state index contributed by atoms with van der Waals surface area (Å²) in [6.45, 7) is 3.26. The fourth-order valence-electron chi connectivity index (χ4n) is 0.834. The Balaban J connectivity index is 2.50. The van der Waals surface area contributed by atoms with Gasteiger partial charge in [0.15, 0.2) is 0 Å². The van der Waals surface area contributed by atoms with Crippen molar-refractivity contribution in [3.05, 3.63) is 11.6 Å². The van der Waals surface area contributed by atoms with Crippen molar-refractivity contribution in [3.8, 4) is 0 Å². The van der Waals surface area contributed by atoms with Crippen molar-refractivity contribution in [2.75, 3.05) is 13.1 Å². The Morgan fingerprint density at radius 2 is 2.62 bits per heavy atom. The van der Waals surface area contributed by atoms with Crippen LogP contribution < -0.4 is 5.32 Å². The predicted octanol–water partition coefficient (Wildman–Crippen LogP) is 0.874. The summed E-state index contributed by atoms with van der Waals surface area (Å²) in [4.78, 5) is 0. The lowest BCUT2D eigenvalue weighted by molar-refractivity contribution is 0.370. The van der Waals surface area contributed by atoms with Crippen LogP contribution in [0.5, 0.6) is 0 Å². The van der Waals surface area contributed by atoms with Crippen LogP contribution in [0, 0.1) is 0 Å². The van der Waals surface area contributed by atoms with Crippen LogP contribution in [0.25, 0.3) is 0 Å². The minimum Gasteiger partial charge on any atom is -0.310 e. The van der Waals surface area contributed by atoms with Crippen LogP contribution in [0.4, 0.5) is 4.39 Å². The Bertz CT molecular complexity index is 109. The quantitative estimate of drug-likeness (QED) is 0.462. The van der Waals surface area contributed by atoms with Gasteiger partial charge in [0.25, 0.3) is 0 Å². The molecule has 0 aromatic heterocycles. The van der Waals surface area contributed by atoms with Crippen LogP contribution in [0.15, 0.2) is 11.6 Å². The topological polar surface area (TPSA) is 12.0 Å². The lowest BCUT2D eigenvalue weighted by atomic mass is 10.2. The second-order valence-corrected chi connectivity index (χ2v) is 2.16. The first kappa shape index (κ1) is 5.76. The van der Waals surface area contributed by atoms with E-state index in [9.17, 15) is 4.39 Å². The number of nitrogens with one attached hydrogen (secondary N) is 1. The molecule has 1 atom stereocenters. The largest absolute Gasteiger partial charge is 0.310 e. The molecule has 0 bridgehead atoms. The minimum absolute atomic E-state index is 0.483. The van der Waals surface area contributed by atoms with Crippen LogP contribution in [-0.2, 0) is 0 Å². The molecule has 1 N–H and O–H groups in total. The van der Waals surface area contributed by atoms with Crippen LogP contribution >= 0.6 is 0 Å². The van der Waals surface area contributed by atoms with Gasteiger partial charge in [-0.05, 0) is 13.0 Å². The van der Waals surface area contributed by atoms with E-state index in [4.69, 9.17) is 0 Å². The molecular formula is C6H10FN. The molecule has 0 radical (unpaired) electrons. The first-order valence-corrected chi connectivity index (χ1v) is 2.81. The molecule has 0 aromatic rings. The third-order valence-corrected chi connectivity index (χ3v) is 1.21. The molecule has 1 unspecified atom stereocenters. The molecular weight excluding hydrogens is 105 g/mol. The Labute approximate surface area is 48.6 Å². The zero-order chi connectivity index (χ0) is 5.98. The summed E-state index contributed by atoms with van der Waals surface area (Å²) in [6.07, 6.45) is 0.903. The molecule has 1 nitrogen and oxygen atoms in total. The fourth-order valence-corrected chi connectivity index (χ4v) is 0.834. The Morgan fingerprint density at radius 3 is 3.00 bits per heavy atom. The molecule has 0 aromatic carbocycles. The molecule has 0 saturated carbocycles. The second-order valence-electron chi connectivity index (χ2n) is 2.16. The van der Waals surface area contributed by atoms with Gasteiger partial charge in [-0.25, -0.2) is 4.39 Å². The average Bonchev–Trinajstić information content (AvgIpc) is 1.64. The first-order valence-electron chi connectivity index (χ1n) is 2.81. The van der Waals surface area contributed by atoms with Gasteiger partial charge in [0.1, 0.15) is 6.17 Å². The van der Waals surface area contributed by atoms with Gasteiger partial charge < -0.3 is 5.32 Å². The maximum Gasteiger partial charge on any atom is 0.131 e. The van der Waals surface area contributed by atoms with E-state index in [0.29, 0.717) is 6.54 Å². The molecule has 1 rings (SSSR count). The van der Waals surface area contributed by atoms with Gasteiger partial charge in [-0.2, -0.15) is 0 Å². The van der Waals surface area contributed by atoms with E-state index in [0.717, 1.165) is 12.1 Å². The summed E-state index contributed by atoms with van der Waals surface area (Å²) in [5.74, 6) is 0. The summed E-state index contributed by atoms with van der Waals surface area (Å²) in [5, 5.41) is 2.94. The van der Waals surface area contributed by atoms with Crippen molar-refractivity contribution < 1.29 is 4.39 Å². The van der Waals surface area contributed by atoms with Gasteiger partial charge in [0.05, 0.1) is 0 Å². The van der Waals surface area contributed by atoms with Gasteiger partial charge in [-0.15, -0.1) is 0 Å². The number of alkyl halides is 1. The lowest BCUT2D eigenvalue weighted by Gasteiger charge is -2.13. The first-order chi connectivity index (χ1) is 3.79. The lowest BCUT2D eigenvalue weighted by Crippen LogP contribution is -2.29. The molecule has 46 valence electrons. The van der Waals surface area contributed by atoms with Gasteiger partial charge in [0.2, 0.25) is 0 Å². The van der Waals surface area contributed by atoms with E-state index in [1.807, 2.05) is 6.92 Å². The van der Waals surface area contributed by atoms with Gasteiger partial charge >= 0.3 is 0 Å². The standard InChI is InChI=1S/C6H10FN/c1-5-2-6(7)4-8-3-5/h2,6,8H,3-4H2,1H3. The monoisotopic (exact) mass is 115 g/mol. The summed E-state index contributed by atoms with van der Waals surface area (Å²) < 4.78 is 12.3. The third-order valence-electron chi connectivity index (χ3n) is 1.21. The molecule has 0 spiro atoms. The van der Waals surface area contributed by atoms with E-state index in [2.05, 4.69) is 5.32 Å². The van der Waals surface area contributed by atoms with Crippen LogP contribution in [-0.4, -0.2) is 19.3 Å². The van der Waals surface area contributed by atoms with Crippen molar-refractivity contribution in [1.82, 2.24) is 5.32 Å². The molecule has 2 heteroatoms. The number of halogens is 1. The van der Waals surface area contributed by atoms with Crippen LogP contribution in [0.3, 0.4) is 0 Å². The fraction of sp³-hybridized carbons (Fsp3) is 0.667. The highest BCUT2D eigenvalue weighted by Gasteiger charge is 2.06. The average molecular weight is 115 g/mol. The van der Waals surface area contributed by atoms with Crippen molar-refractivity contribution in [2.45, 2.75) is 13.1 Å². The highest BCUT2D eigenvalue weighted by Crippen LogP contribution is 2.02. The van der Waals surface area contributed by atoms with Crippen LogP contribution in [0.2, 0.25) is 0 Å². The normalized spacial score (nSPS) is 29.8. The number of rotatable bonds is 0. The summed E-state index contributed by atoms with van der Waals surface area (Å²) in [5.41, 5.74) is 1.10. The van der Waals surface area contributed by atoms with E-state index in [1.165, 1.54) is 0 Å². The summed E-state index contributed by atoms with van der Waals surface area (Å²) in [6, 6.07) is 0. The molecule has 0 amide bonds. The molecule has 8 heavy (non-hydrogen) atoms. The molecule has 1 aliphatic rings. The number of hydrogen-bond donors (Lipinski definition) is 1. The van der Waals surface area contributed by atoms with E-state index < -0.39 is 6.17 Å². The highest BCUT2D eigenvalue weighted by atomic mass is 19.1. The van der Waals surface area contributed by atoms with Gasteiger partial charge in [-0.1, -0.05) is 5.57 Å². The Kier molecular flexibility index (Phi) is 1.63. The molecule has 1 heterocycles. The van der Waals surface area contributed by atoms with E-state index in [1.54, 1.807) is 6.08 Å². The van der Waals surface area contributed by atoms with Crippen molar-refractivity contribution in [3.63, 3.8) is 0 Å². The maximum absolute atomic E-state index is 12.3. The third kappa shape index (κ3) is 1.30. The van der Waals surface area contributed by atoms with Crippen molar-refractivity contribution in [1.29, 1.82) is 0 Å². The van der Waals surface area contributed by atoms with Crippen molar-refractivity contribution >= 4 is 0 Å². The second kappa shape index (κ2) is 2.27. The zero-order valence-corrected chi connectivity index (χ0v) is 4.95. The van der Waals surface area contributed by atoms with Gasteiger partial charge in [0, 0.05) is 13.1 Å². The molecule has 0 fully saturated rings. The van der Waals surface area contributed by atoms with E-state index >= 15 is 0 Å². The highest BCUT2D eigenvalue weighted by molar-refractivity contribution is 5.07. The van der Waals surface area contributed by atoms with Crippen molar-refractivity contribution in [2.24, 2.45) is 0 Å².